The highest BCUT2D eigenvalue weighted by atomic mass is 19.1. The third-order valence-electron chi connectivity index (χ3n) is 2.85. The van der Waals surface area contributed by atoms with E-state index < -0.39 is 29.2 Å². The number of amides is 1. The maximum Gasteiger partial charge on any atom is 0.342 e. The minimum Gasteiger partial charge on any atom is -0.469 e. The minimum atomic E-state index is -0.846. The Bertz CT molecular complexity index is 770. The number of esters is 1. The molecule has 8 nitrogen and oxygen atoms in total. The van der Waals surface area contributed by atoms with Crippen LogP contribution in [-0.2, 0) is 9.53 Å². The molecule has 0 bridgehead atoms. The van der Waals surface area contributed by atoms with Crippen molar-refractivity contribution in [2.75, 3.05) is 11.9 Å². The molecule has 0 aliphatic rings. The molecule has 1 heterocycles. The lowest BCUT2D eigenvalue weighted by Gasteiger charge is -2.07. The van der Waals surface area contributed by atoms with Crippen LogP contribution in [0.15, 0.2) is 34.9 Å². The number of anilines is 1. The highest BCUT2D eigenvalue weighted by molar-refractivity contribution is 5.96. The lowest BCUT2D eigenvalue weighted by atomic mass is 10.2. The number of non-ortho nitro benzene ring substituents is 1. The van der Waals surface area contributed by atoms with Crippen LogP contribution in [0.25, 0.3) is 0 Å². The molecule has 0 spiro atoms. The number of nitrogens with zero attached hydrogens (tertiary/aromatic N) is 1. The summed E-state index contributed by atoms with van der Waals surface area (Å²) in [5.74, 6) is -2.12. The van der Waals surface area contributed by atoms with Crippen molar-refractivity contribution in [1.29, 1.82) is 0 Å². The second kappa shape index (κ2) is 6.69. The maximum absolute atomic E-state index is 13.5. The lowest BCUT2D eigenvalue weighted by molar-refractivity contribution is -0.384. The van der Waals surface area contributed by atoms with Crippen molar-refractivity contribution < 1.29 is 28.1 Å². The summed E-state index contributed by atoms with van der Waals surface area (Å²) in [6.07, 6.45) is 1.30. The van der Waals surface area contributed by atoms with Crippen molar-refractivity contribution in [3.63, 3.8) is 0 Å². The van der Waals surface area contributed by atoms with E-state index in [1.54, 1.807) is 6.92 Å². The molecule has 120 valence electrons. The lowest BCUT2D eigenvalue weighted by Crippen LogP contribution is -2.21. The number of furan rings is 1. The van der Waals surface area contributed by atoms with Crippen LogP contribution in [0.5, 0.6) is 0 Å². The molecule has 0 atom stereocenters. The fraction of sp³-hybridized carbons (Fsp3) is 0.143. The zero-order chi connectivity index (χ0) is 17.0. The average molecular weight is 322 g/mol. The van der Waals surface area contributed by atoms with E-state index in [0.29, 0.717) is 5.76 Å². The number of hydrogen-bond donors (Lipinski definition) is 1. The standard InChI is InChI=1S/C14H11FN2O6/c1-8-10(4-5-22-8)14(19)23-7-13(18)16-12-6-9(17(20)21)2-3-11(12)15/h2-6H,7H2,1H3,(H,16,18). The molecule has 23 heavy (non-hydrogen) atoms. The quantitative estimate of drug-likeness (QED) is 0.514. The molecule has 0 aliphatic heterocycles. The highest BCUT2D eigenvalue weighted by Crippen LogP contribution is 2.21. The molecule has 0 unspecified atom stereocenters. The normalized spacial score (nSPS) is 10.2. The SMILES string of the molecule is Cc1occc1C(=O)OCC(=O)Nc1cc([N+](=O)[O-])ccc1F. The van der Waals surface area contributed by atoms with Crippen LogP contribution in [0.4, 0.5) is 15.8 Å². The van der Waals surface area contributed by atoms with Crippen molar-refractivity contribution in [2.24, 2.45) is 0 Å². The van der Waals surface area contributed by atoms with Crippen LogP contribution < -0.4 is 5.32 Å². The van der Waals surface area contributed by atoms with Crippen molar-refractivity contribution in [3.05, 3.63) is 57.8 Å². The van der Waals surface area contributed by atoms with Gasteiger partial charge in [-0.3, -0.25) is 14.9 Å². The molecule has 2 aromatic rings. The van der Waals surface area contributed by atoms with Crippen LogP contribution in [0.1, 0.15) is 16.1 Å². The van der Waals surface area contributed by atoms with Gasteiger partial charge in [0, 0.05) is 12.1 Å². The topological polar surface area (TPSA) is 112 Å². The first-order chi connectivity index (χ1) is 10.9. The number of halogens is 1. The number of nitro benzene ring substituents is 1. The van der Waals surface area contributed by atoms with Gasteiger partial charge in [0.15, 0.2) is 6.61 Å². The second-order valence-electron chi connectivity index (χ2n) is 4.44. The van der Waals surface area contributed by atoms with Gasteiger partial charge >= 0.3 is 5.97 Å². The Kier molecular flexibility index (Phi) is 4.69. The molecule has 1 aromatic carbocycles. The van der Waals surface area contributed by atoms with E-state index in [-0.39, 0.29) is 16.9 Å². The molecule has 0 saturated carbocycles. The third kappa shape index (κ3) is 3.90. The highest BCUT2D eigenvalue weighted by Gasteiger charge is 2.16. The fourth-order valence-corrected chi connectivity index (χ4v) is 1.71. The van der Waals surface area contributed by atoms with Gasteiger partial charge in [0.25, 0.3) is 11.6 Å². The molecule has 0 radical (unpaired) electrons. The number of nitro groups is 1. The van der Waals surface area contributed by atoms with Crippen LogP contribution in [0, 0.1) is 22.9 Å². The predicted octanol–water partition coefficient (Wildman–Crippen LogP) is 2.43. The van der Waals surface area contributed by atoms with E-state index in [0.717, 1.165) is 18.2 Å². The van der Waals surface area contributed by atoms with Crippen LogP contribution in [0.3, 0.4) is 0 Å². The van der Waals surface area contributed by atoms with Crippen LogP contribution >= 0.6 is 0 Å². The van der Waals surface area contributed by atoms with E-state index in [9.17, 15) is 24.1 Å². The first-order valence-electron chi connectivity index (χ1n) is 6.33. The van der Waals surface area contributed by atoms with Gasteiger partial charge in [-0.1, -0.05) is 0 Å². The van der Waals surface area contributed by atoms with Gasteiger partial charge in [-0.2, -0.15) is 0 Å². The zero-order valence-corrected chi connectivity index (χ0v) is 11.9. The number of rotatable bonds is 5. The molecule has 2 rings (SSSR count). The second-order valence-corrected chi connectivity index (χ2v) is 4.44. The van der Waals surface area contributed by atoms with Crippen molar-refractivity contribution >= 4 is 23.3 Å². The molecule has 0 aliphatic carbocycles. The van der Waals surface area contributed by atoms with Gasteiger partial charge in [-0.25, -0.2) is 9.18 Å². The number of nitrogens with one attached hydrogen (secondary N) is 1. The average Bonchev–Trinajstić information content (AvgIpc) is 2.93. The van der Waals surface area contributed by atoms with Crippen molar-refractivity contribution in [1.82, 2.24) is 0 Å². The first kappa shape index (κ1) is 16.1. The smallest absolute Gasteiger partial charge is 0.342 e. The van der Waals surface area contributed by atoms with Gasteiger partial charge < -0.3 is 14.5 Å². The summed E-state index contributed by atoms with van der Waals surface area (Å²) < 4.78 is 23.2. The summed E-state index contributed by atoms with van der Waals surface area (Å²) in [5, 5.41) is 12.7. The summed E-state index contributed by atoms with van der Waals surface area (Å²) in [5.41, 5.74) is -0.591. The molecule has 1 amide bonds. The minimum absolute atomic E-state index is 0.166. The van der Waals surface area contributed by atoms with E-state index in [1.165, 1.54) is 12.3 Å². The molecular formula is C14H11FN2O6. The van der Waals surface area contributed by atoms with Gasteiger partial charge in [0.05, 0.1) is 16.9 Å². The number of ether oxygens (including phenoxy) is 1. The first-order valence-corrected chi connectivity index (χ1v) is 6.33. The third-order valence-corrected chi connectivity index (χ3v) is 2.85. The Morgan fingerprint density at radius 3 is 2.74 bits per heavy atom. The zero-order valence-electron chi connectivity index (χ0n) is 11.9. The van der Waals surface area contributed by atoms with Crippen LogP contribution in [-0.4, -0.2) is 23.4 Å². The number of benzene rings is 1. The van der Waals surface area contributed by atoms with Crippen molar-refractivity contribution in [3.8, 4) is 0 Å². The molecule has 0 fully saturated rings. The summed E-state index contributed by atoms with van der Waals surface area (Å²) >= 11 is 0. The number of carbonyl (C=O) groups excluding carboxylic acids is 2. The molecular weight excluding hydrogens is 311 g/mol. The Morgan fingerprint density at radius 1 is 1.39 bits per heavy atom. The van der Waals surface area contributed by atoms with Gasteiger partial charge in [-0.05, 0) is 19.1 Å². The Balaban J connectivity index is 1.97. The van der Waals surface area contributed by atoms with E-state index in [2.05, 4.69) is 5.32 Å². The van der Waals surface area contributed by atoms with E-state index >= 15 is 0 Å². The molecule has 1 N–H and O–H groups in total. The van der Waals surface area contributed by atoms with Gasteiger partial charge in [-0.15, -0.1) is 0 Å². The monoisotopic (exact) mass is 322 g/mol. The Morgan fingerprint density at radius 2 is 2.13 bits per heavy atom. The largest absolute Gasteiger partial charge is 0.469 e. The van der Waals surface area contributed by atoms with Gasteiger partial charge in [0.2, 0.25) is 0 Å². The number of carbonyl (C=O) groups is 2. The summed E-state index contributed by atoms with van der Waals surface area (Å²) in [6, 6.07) is 4.08. The predicted molar refractivity (Wildman–Crippen MR) is 75.4 cm³/mol. The van der Waals surface area contributed by atoms with Crippen molar-refractivity contribution in [2.45, 2.75) is 6.92 Å². The molecule has 9 heteroatoms. The summed E-state index contributed by atoms with van der Waals surface area (Å²) in [6.45, 7) is 0.876. The van der Waals surface area contributed by atoms with E-state index in [4.69, 9.17) is 9.15 Å². The van der Waals surface area contributed by atoms with Crippen LogP contribution in [0.2, 0.25) is 0 Å². The Hall–Kier alpha value is -3.23. The molecule has 1 aromatic heterocycles. The fourth-order valence-electron chi connectivity index (χ4n) is 1.71. The van der Waals surface area contributed by atoms with E-state index in [1.807, 2.05) is 0 Å². The van der Waals surface area contributed by atoms with Gasteiger partial charge in [0.1, 0.15) is 17.1 Å². The Labute approximate surface area is 129 Å². The number of aryl methyl sites for hydroxylation is 1. The number of hydrogen-bond acceptors (Lipinski definition) is 6. The maximum atomic E-state index is 13.5. The summed E-state index contributed by atoms with van der Waals surface area (Å²) in [4.78, 5) is 33.2. The summed E-state index contributed by atoms with van der Waals surface area (Å²) in [7, 11) is 0. The molecule has 0 saturated heterocycles.